The van der Waals surface area contributed by atoms with Crippen LogP contribution in [0.25, 0.3) is 6.08 Å². The van der Waals surface area contributed by atoms with E-state index in [1.54, 1.807) is 6.07 Å². The SMILES string of the molecule is CNS(=O)(=O)c1cc(/C=C/C(=O)OCC(=O)N2CCCC2=O)ccc1OC. The van der Waals surface area contributed by atoms with Crippen LogP contribution in [0.5, 0.6) is 5.75 Å². The molecule has 0 atom stereocenters. The zero-order valence-electron chi connectivity index (χ0n) is 14.9. The van der Waals surface area contributed by atoms with E-state index in [0.717, 1.165) is 11.0 Å². The average molecular weight is 396 g/mol. The van der Waals surface area contributed by atoms with Gasteiger partial charge in [0.25, 0.3) is 5.91 Å². The van der Waals surface area contributed by atoms with Crippen molar-refractivity contribution < 1.29 is 32.3 Å². The molecule has 2 rings (SSSR count). The number of hydrogen-bond donors (Lipinski definition) is 1. The van der Waals surface area contributed by atoms with Crippen LogP contribution in [0.4, 0.5) is 0 Å². The third kappa shape index (κ3) is 5.14. The maximum absolute atomic E-state index is 12.0. The molecule has 0 aliphatic carbocycles. The van der Waals surface area contributed by atoms with Crippen LogP contribution in [-0.2, 0) is 29.1 Å². The smallest absolute Gasteiger partial charge is 0.331 e. The summed E-state index contributed by atoms with van der Waals surface area (Å²) in [4.78, 5) is 36.0. The molecule has 1 heterocycles. The van der Waals surface area contributed by atoms with Gasteiger partial charge in [0, 0.05) is 19.0 Å². The summed E-state index contributed by atoms with van der Waals surface area (Å²) in [6, 6.07) is 4.35. The molecule has 0 unspecified atom stereocenters. The molecular weight excluding hydrogens is 376 g/mol. The molecule has 9 nitrogen and oxygen atoms in total. The van der Waals surface area contributed by atoms with E-state index >= 15 is 0 Å². The van der Waals surface area contributed by atoms with Gasteiger partial charge < -0.3 is 9.47 Å². The molecule has 1 N–H and O–H groups in total. The quantitative estimate of drug-likeness (QED) is 0.520. The molecule has 0 saturated carbocycles. The molecule has 27 heavy (non-hydrogen) atoms. The van der Waals surface area contributed by atoms with Crippen molar-refractivity contribution in [1.82, 2.24) is 9.62 Å². The van der Waals surface area contributed by atoms with Gasteiger partial charge in [0.1, 0.15) is 10.6 Å². The molecule has 0 spiro atoms. The Morgan fingerprint density at radius 1 is 1.33 bits per heavy atom. The predicted octanol–water partition coefficient (Wildman–Crippen LogP) is 0.309. The van der Waals surface area contributed by atoms with E-state index < -0.39 is 28.5 Å². The fourth-order valence-electron chi connectivity index (χ4n) is 2.45. The van der Waals surface area contributed by atoms with Gasteiger partial charge in [-0.3, -0.25) is 14.5 Å². The Morgan fingerprint density at radius 3 is 2.67 bits per heavy atom. The Bertz CT molecular complexity index is 877. The van der Waals surface area contributed by atoms with Gasteiger partial charge in [0.2, 0.25) is 15.9 Å². The second-order valence-electron chi connectivity index (χ2n) is 5.60. The largest absolute Gasteiger partial charge is 0.495 e. The van der Waals surface area contributed by atoms with Crippen molar-refractivity contribution in [3.63, 3.8) is 0 Å². The molecular formula is C17H20N2O7S. The van der Waals surface area contributed by atoms with E-state index in [0.29, 0.717) is 24.9 Å². The van der Waals surface area contributed by atoms with Crippen LogP contribution < -0.4 is 9.46 Å². The molecule has 1 fully saturated rings. The number of imide groups is 1. The van der Waals surface area contributed by atoms with E-state index in [-0.39, 0.29) is 16.6 Å². The minimum absolute atomic E-state index is 0.0780. The van der Waals surface area contributed by atoms with E-state index in [9.17, 15) is 22.8 Å². The third-order valence-corrected chi connectivity index (χ3v) is 5.31. The van der Waals surface area contributed by atoms with Gasteiger partial charge in [-0.2, -0.15) is 0 Å². The Hall–Kier alpha value is -2.72. The molecule has 1 saturated heterocycles. The summed E-state index contributed by atoms with van der Waals surface area (Å²) in [5.41, 5.74) is 0.419. The summed E-state index contributed by atoms with van der Waals surface area (Å²) in [5.74, 6) is -1.47. The second kappa shape index (κ2) is 8.78. The second-order valence-corrected chi connectivity index (χ2v) is 7.46. The first kappa shape index (κ1) is 20.6. The van der Waals surface area contributed by atoms with Crippen molar-refractivity contribution in [3.8, 4) is 5.75 Å². The normalized spacial score (nSPS) is 14.6. The number of ether oxygens (including phenoxy) is 2. The van der Waals surface area contributed by atoms with Crippen LogP contribution in [-0.4, -0.2) is 58.4 Å². The number of esters is 1. The number of sulfonamides is 1. The number of likely N-dealkylation sites (tertiary alicyclic amines) is 1. The maximum atomic E-state index is 12.0. The van der Waals surface area contributed by atoms with Crippen molar-refractivity contribution in [1.29, 1.82) is 0 Å². The standard InChI is InChI=1S/C17H20N2O7S/c1-18-27(23,24)14-10-12(5-7-13(14)25-2)6-8-17(22)26-11-16(21)19-9-3-4-15(19)20/h5-8,10,18H,3-4,9,11H2,1-2H3/b8-6+. The number of rotatable bonds is 7. The first-order chi connectivity index (χ1) is 12.8. The minimum atomic E-state index is -3.75. The number of amides is 2. The molecule has 1 aromatic rings. The highest BCUT2D eigenvalue weighted by molar-refractivity contribution is 7.89. The Balaban J connectivity index is 2.02. The molecule has 10 heteroatoms. The van der Waals surface area contributed by atoms with Crippen LogP contribution >= 0.6 is 0 Å². The molecule has 146 valence electrons. The Kier molecular flexibility index (Phi) is 6.70. The summed E-state index contributed by atoms with van der Waals surface area (Å²) in [6.07, 6.45) is 3.33. The highest BCUT2D eigenvalue weighted by Gasteiger charge is 2.26. The van der Waals surface area contributed by atoms with E-state index in [4.69, 9.17) is 9.47 Å². The van der Waals surface area contributed by atoms with Crippen LogP contribution in [0.2, 0.25) is 0 Å². The van der Waals surface area contributed by atoms with Gasteiger partial charge >= 0.3 is 5.97 Å². The highest BCUT2D eigenvalue weighted by atomic mass is 32.2. The number of hydrogen-bond acceptors (Lipinski definition) is 7. The zero-order chi connectivity index (χ0) is 20.0. The predicted molar refractivity (Wildman–Crippen MR) is 95.2 cm³/mol. The molecule has 1 aliphatic rings. The third-order valence-electron chi connectivity index (χ3n) is 3.87. The number of methoxy groups -OCH3 is 1. The maximum Gasteiger partial charge on any atom is 0.331 e. The zero-order valence-corrected chi connectivity index (χ0v) is 15.7. The lowest BCUT2D eigenvalue weighted by atomic mass is 10.2. The summed E-state index contributed by atoms with van der Waals surface area (Å²) in [6.45, 7) is -0.198. The van der Waals surface area contributed by atoms with Crippen LogP contribution in [0.1, 0.15) is 18.4 Å². The Labute approximate surface area is 157 Å². The fraction of sp³-hybridized carbons (Fsp3) is 0.353. The summed E-state index contributed by atoms with van der Waals surface area (Å²) < 4.78 is 36.1. The van der Waals surface area contributed by atoms with Gasteiger partial charge in [0.05, 0.1) is 7.11 Å². The van der Waals surface area contributed by atoms with Crippen molar-refractivity contribution >= 4 is 33.9 Å². The number of carbonyl (C=O) groups is 3. The van der Waals surface area contributed by atoms with Crippen molar-refractivity contribution in [3.05, 3.63) is 29.8 Å². The number of nitrogens with one attached hydrogen (secondary N) is 1. The van der Waals surface area contributed by atoms with Gasteiger partial charge in [0.15, 0.2) is 6.61 Å². The minimum Gasteiger partial charge on any atom is -0.495 e. The van der Waals surface area contributed by atoms with Crippen molar-refractivity contribution in [2.24, 2.45) is 0 Å². The molecule has 2 amide bonds. The van der Waals surface area contributed by atoms with Crippen LogP contribution in [0, 0.1) is 0 Å². The topological polar surface area (TPSA) is 119 Å². The van der Waals surface area contributed by atoms with Crippen molar-refractivity contribution in [2.75, 3.05) is 27.3 Å². The van der Waals surface area contributed by atoms with Crippen LogP contribution in [0.3, 0.4) is 0 Å². The van der Waals surface area contributed by atoms with Gasteiger partial charge in [-0.1, -0.05) is 6.07 Å². The first-order valence-corrected chi connectivity index (χ1v) is 9.56. The summed E-state index contributed by atoms with van der Waals surface area (Å²) in [7, 11) is -1.12. The van der Waals surface area contributed by atoms with Crippen molar-refractivity contribution in [2.45, 2.75) is 17.7 Å². The van der Waals surface area contributed by atoms with E-state index in [1.807, 2.05) is 0 Å². The molecule has 0 aromatic heterocycles. The van der Waals surface area contributed by atoms with Crippen LogP contribution in [0.15, 0.2) is 29.2 Å². The highest BCUT2D eigenvalue weighted by Crippen LogP contribution is 2.25. The molecule has 0 radical (unpaired) electrons. The first-order valence-electron chi connectivity index (χ1n) is 8.08. The van der Waals surface area contributed by atoms with Gasteiger partial charge in [-0.25, -0.2) is 17.9 Å². The molecule has 1 aromatic carbocycles. The number of carbonyl (C=O) groups excluding carboxylic acids is 3. The number of benzene rings is 1. The van der Waals surface area contributed by atoms with E-state index in [2.05, 4.69) is 4.72 Å². The van der Waals surface area contributed by atoms with Gasteiger partial charge in [-0.15, -0.1) is 0 Å². The summed E-state index contributed by atoms with van der Waals surface area (Å²) >= 11 is 0. The molecule has 0 bridgehead atoms. The van der Waals surface area contributed by atoms with E-state index in [1.165, 1.54) is 32.4 Å². The number of nitrogens with zero attached hydrogens (tertiary/aromatic N) is 1. The van der Waals surface area contributed by atoms with Gasteiger partial charge in [-0.05, 0) is 37.2 Å². The summed E-state index contributed by atoms with van der Waals surface area (Å²) in [5, 5.41) is 0. The fourth-order valence-corrected chi connectivity index (χ4v) is 3.38. The molecule has 1 aliphatic heterocycles. The monoisotopic (exact) mass is 396 g/mol. The Morgan fingerprint density at radius 2 is 2.07 bits per heavy atom. The lowest BCUT2D eigenvalue weighted by Crippen LogP contribution is -2.35. The average Bonchev–Trinajstić information content (AvgIpc) is 3.10. The lowest BCUT2D eigenvalue weighted by molar-refractivity contribution is -0.151. The lowest BCUT2D eigenvalue weighted by Gasteiger charge is -2.12.